The molecule has 0 saturated heterocycles. The van der Waals surface area contributed by atoms with E-state index in [4.69, 9.17) is 16.3 Å². The van der Waals surface area contributed by atoms with Gasteiger partial charge in [0.1, 0.15) is 0 Å². The van der Waals surface area contributed by atoms with Crippen LogP contribution in [0.2, 0.25) is 0 Å². The third-order valence-electron chi connectivity index (χ3n) is 2.66. The van der Waals surface area contributed by atoms with Crippen LogP contribution in [0.25, 0.3) is 0 Å². The molecule has 0 N–H and O–H groups in total. The maximum absolute atomic E-state index is 6.29. The Hall–Kier alpha value is -0.270. The maximum atomic E-state index is 6.29. The monoisotopic (exact) mass is 230 g/mol. The Kier molecular flexibility index (Phi) is 7.81. The number of methoxy groups -OCH3 is 1. The lowest BCUT2D eigenvalue weighted by Crippen LogP contribution is -2.13. The van der Waals surface area contributed by atoms with Gasteiger partial charge in [0.2, 0.25) is 0 Å². The molecule has 0 amide bonds. The molecule has 1 nitrogen and oxygen atoms in total. The van der Waals surface area contributed by atoms with Crippen LogP contribution in [0.4, 0.5) is 0 Å². The lowest BCUT2D eigenvalue weighted by Gasteiger charge is -2.17. The molecule has 2 unspecified atom stereocenters. The van der Waals surface area contributed by atoms with Crippen LogP contribution in [-0.4, -0.2) is 13.2 Å². The van der Waals surface area contributed by atoms with E-state index in [1.807, 2.05) is 13.0 Å². The van der Waals surface area contributed by atoms with E-state index in [1.54, 1.807) is 7.11 Å². The zero-order chi connectivity index (χ0) is 11.8. The van der Waals surface area contributed by atoms with Crippen LogP contribution in [0.5, 0.6) is 0 Å². The SMILES string of the molecule is C/C=C(\C(Cl)=C/C(C)CC)C(CC)OC. The van der Waals surface area contributed by atoms with Crippen molar-refractivity contribution in [1.29, 1.82) is 0 Å². The normalized spacial score (nSPS) is 17.7. The van der Waals surface area contributed by atoms with Gasteiger partial charge in [0.05, 0.1) is 6.10 Å². The highest BCUT2D eigenvalue weighted by Crippen LogP contribution is 2.24. The Morgan fingerprint density at radius 3 is 2.27 bits per heavy atom. The molecule has 0 saturated carbocycles. The van der Waals surface area contributed by atoms with E-state index < -0.39 is 0 Å². The van der Waals surface area contributed by atoms with Gasteiger partial charge in [-0.2, -0.15) is 0 Å². The molecule has 0 heterocycles. The molecule has 0 radical (unpaired) electrons. The Balaban J connectivity index is 4.75. The number of ether oxygens (including phenoxy) is 1. The van der Waals surface area contributed by atoms with Gasteiger partial charge in [0.15, 0.2) is 0 Å². The molecule has 15 heavy (non-hydrogen) atoms. The predicted molar refractivity (Wildman–Crippen MR) is 68.2 cm³/mol. The molecule has 88 valence electrons. The van der Waals surface area contributed by atoms with Crippen LogP contribution in [-0.2, 0) is 4.74 Å². The van der Waals surface area contributed by atoms with Crippen molar-refractivity contribution in [3.05, 3.63) is 22.8 Å². The molecule has 0 aliphatic rings. The summed E-state index contributed by atoms with van der Waals surface area (Å²) in [5, 5.41) is 0.834. The minimum atomic E-state index is 0.114. The van der Waals surface area contributed by atoms with Gasteiger partial charge < -0.3 is 4.74 Å². The molecule has 0 rings (SSSR count). The molecular weight excluding hydrogens is 208 g/mol. The van der Waals surface area contributed by atoms with Crippen LogP contribution >= 0.6 is 11.6 Å². The fourth-order valence-electron chi connectivity index (χ4n) is 1.45. The van der Waals surface area contributed by atoms with E-state index in [9.17, 15) is 0 Å². The van der Waals surface area contributed by atoms with Gasteiger partial charge in [-0.3, -0.25) is 0 Å². The summed E-state index contributed by atoms with van der Waals surface area (Å²) in [5.41, 5.74) is 1.10. The van der Waals surface area contributed by atoms with Gasteiger partial charge in [-0.1, -0.05) is 50.9 Å². The molecule has 0 fully saturated rings. The van der Waals surface area contributed by atoms with E-state index in [2.05, 4.69) is 26.8 Å². The highest BCUT2D eigenvalue weighted by molar-refractivity contribution is 6.32. The molecule has 0 aliphatic carbocycles. The van der Waals surface area contributed by atoms with Crippen LogP contribution in [0.3, 0.4) is 0 Å². The standard InChI is InChI=1S/C13H23ClO/c1-6-10(4)9-12(14)11(7-2)13(8-3)15-5/h7,9-10,13H,6,8H2,1-5H3/b11-7+,12-9+. The summed E-state index contributed by atoms with van der Waals surface area (Å²) in [5.74, 6) is 0.516. The summed E-state index contributed by atoms with van der Waals surface area (Å²) in [6.45, 7) is 8.44. The topological polar surface area (TPSA) is 9.23 Å². The highest BCUT2D eigenvalue weighted by atomic mass is 35.5. The second kappa shape index (κ2) is 7.95. The summed E-state index contributed by atoms with van der Waals surface area (Å²) < 4.78 is 5.40. The molecular formula is C13H23ClO. The summed E-state index contributed by atoms with van der Waals surface area (Å²) >= 11 is 6.29. The van der Waals surface area contributed by atoms with Crippen molar-refractivity contribution in [1.82, 2.24) is 0 Å². The molecule has 0 aromatic heterocycles. The minimum Gasteiger partial charge on any atom is -0.377 e. The molecule has 0 aliphatic heterocycles. The molecule has 2 atom stereocenters. The summed E-state index contributed by atoms with van der Waals surface area (Å²) in [6.07, 6.45) is 6.32. The van der Waals surface area contributed by atoms with Gasteiger partial charge >= 0.3 is 0 Å². The van der Waals surface area contributed by atoms with Gasteiger partial charge in [0.25, 0.3) is 0 Å². The van der Waals surface area contributed by atoms with Gasteiger partial charge in [0, 0.05) is 12.1 Å². The van der Waals surface area contributed by atoms with Crippen molar-refractivity contribution in [3.63, 3.8) is 0 Å². The van der Waals surface area contributed by atoms with Crippen LogP contribution in [0.1, 0.15) is 40.5 Å². The number of hydrogen-bond acceptors (Lipinski definition) is 1. The van der Waals surface area contributed by atoms with E-state index >= 15 is 0 Å². The number of rotatable bonds is 6. The Labute approximate surface area is 99.2 Å². The molecule has 0 bridgehead atoms. The average molecular weight is 231 g/mol. The van der Waals surface area contributed by atoms with E-state index in [-0.39, 0.29) is 6.10 Å². The second-order valence-corrected chi connectivity index (χ2v) is 4.18. The van der Waals surface area contributed by atoms with Crippen molar-refractivity contribution in [2.75, 3.05) is 7.11 Å². The first-order valence-electron chi connectivity index (χ1n) is 5.67. The average Bonchev–Trinajstić information content (AvgIpc) is 2.24. The molecule has 0 aromatic rings. The maximum Gasteiger partial charge on any atom is 0.0829 e. The van der Waals surface area contributed by atoms with Crippen molar-refractivity contribution >= 4 is 11.6 Å². The smallest absolute Gasteiger partial charge is 0.0829 e. The molecule has 2 heteroatoms. The van der Waals surface area contributed by atoms with Crippen molar-refractivity contribution in [2.45, 2.75) is 46.6 Å². The van der Waals surface area contributed by atoms with Gasteiger partial charge in [-0.25, -0.2) is 0 Å². The van der Waals surface area contributed by atoms with Crippen molar-refractivity contribution in [3.8, 4) is 0 Å². The largest absolute Gasteiger partial charge is 0.377 e. The molecule has 0 spiro atoms. The first-order valence-corrected chi connectivity index (χ1v) is 6.05. The molecule has 0 aromatic carbocycles. The number of hydrogen-bond donors (Lipinski definition) is 0. The van der Waals surface area contributed by atoms with E-state index in [0.717, 1.165) is 23.4 Å². The Morgan fingerprint density at radius 1 is 1.33 bits per heavy atom. The van der Waals surface area contributed by atoms with Gasteiger partial charge in [-0.15, -0.1) is 0 Å². The van der Waals surface area contributed by atoms with Crippen LogP contribution in [0.15, 0.2) is 22.8 Å². The zero-order valence-corrected chi connectivity index (χ0v) is 11.3. The minimum absolute atomic E-state index is 0.114. The fraction of sp³-hybridized carbons (Fsp3) is 0.692. The van der Waals surface area contributed by atoms with Crippen LogP contribution < -0.4 is 0 Å². The summed E-state index contributed by atoms with van der Waals surface area (Å²) in [7, 11) is 1.73. The second-order valence-electron chi connectivity index (χ2n) is 3.78. The zero-order valence-electron chi connectivity index (χ0n) is 10.5. The Morgan fingerprint density at radius 2 is 1.93 bits per heavy atom. The fourth-order valence-corrected chi connectivity index (χ4v) is 1.90. The predicted octanol–water partition coefficient (Wildman–Crippen LogP) is 4.53. The first-order chi connectivity index (χ1) is 7.10. The van der Waals surface area contributed by atoms with Crippen LogP contribution in [0, 0.1) is 5.92 Å². The summed E-state index contributed by atoms with van der Waals surface area (Å²) in [6, 6.07) is 0. The number of allylic oxidation sites excluding steroid dienone is 2. The first kappa shape index (κ1) is 14.7. The quantitative estimate of drug-likeness (QED) is 0.610. The lowest BCUT2D eigenvalue weighted by molar-refractivity contribution is 0.130. The third kappa shape index (κ3) is 4.85. The third-order valence-corrected chi connectivity index (χ3v) is 3.01. The van der Waals surface area contributed by atoms with Gasteiger partial charge in [-0.05, 0) is 24.8 Å². The van der Waals surface area contributed by atoms with E-state index in [1.165, 1.54) is 0 Å². The highest BCUT2D eigenvalue weighted by Gasteiger charge is 2.13. The van der Waals surface area contributed by atoms with E-state index in [0.29, 0.717) is 5.92 Å². The number of halogens is 1. The van der Waals surface area contributed by atoms with Crippen molar-refractivity contribution < 1.29 is 4.74 Å². The Bertz CT molecular complexity index is 227. The lowest BCUT2D eigenvalue weighted by atomic mass is 10.0. The summed E-state index contributed by atoms with van der Waals surface area (Å²) in [4.78, 5) is 0. The van der Waals surface area contributed by atoms with Crippen molar-refractivity contribution in [2.24, 2.45) is 5.92 Å².